The van der Waals surface area contributed by atoms with Gasteiger partial charge in [-0.2, -0.15) is 13.2 Å². The van der Waals surface area contributed by atoms with Crippen LogP contribution in [-0.4, -0.2) is 21.8 Å². The standard InChI is InChI=1S/C21H18F3N5O2/c22-21(23,24)15-7-2-1-4-14(15)10-28-20(31)13-6-3-5-12(8-13)17-11-27-16(9-25)18(29-17)19(26)30/h1-8,11H,9-10,25H2,(H2,26,30)(H,28,31). The molecule has 0 atom stereocenters. The van der Waals surface area contributed by atoms with E-state index in [4.69, 9.17) is 11.5 Å². The normalized spacial score (nSPS) is 11.2. The van der Waals surface area contributed by atoms with Gasteiger partial charge in [-0.1, -0.05) is 30.3 Å². The lowest BCUT2D eigenvalue weighted by atomic mass is 10.1. The molecule has 5 N–H and O–H groups in total. The van der Waals surface area contributed by atoms with Gasteiger partial charge in [0.1, 0.15) is 0 Å². The maximum atomic E-state index is 13.1. The number of halogens is 3. The summed E-state index contributed by atoms with van der Waals surface area (Å²) in [6, 6.07) is 11.2. The Hall–Kier alpha value is -3.79. The first-order valence-corrected chi connectivity index (χ1v) is 9.10. The van der Waals surface area contributed by atoms with Gasteiger partial charge in [0.15, 0.2) is 5.69 Å². The number of hydrogen-bond donors (Lipinski definition) is 3. The molecule has 0 radical (unpaired) electrons. The predicted octanol–water partition coefficient (Wildman–Crippen LogP) is 2.65. The average molecular weight is 429 g/mol. The Morgan fingerprint density at radius 2 is 1.81 bits per heavy atom. The lowest BCUT2D eigenvalue weighted by Gasteiger charge is -2.13. The van der Waals surface area contributed by atoms with E-state index in [1.54, 1.807) is 12.1 Å². The van der Waals surface area contributed by atoms with Gasteiger partial charge < -0.3 is 16.8 Å². The summed E-state index contributed by atoms with van der Waals surface area (Å²) in [5.41, 5.74) is 11.1. The van der Waals surface area contributed by atoms with Crippen LogP contribution in [0, 0.1) is 0 Å². The largest absolute Gasteiger partial charge is 0.416 e. The zero-order valence-electron chi connectivity index (χ0n) is 16.1. The molecule has 3 aromatic rings. The SMILES string of the molecule is NCc1ncc(-c2cccc(C(=O)NCc3ccccc3C(F)(F)F)c2)nc1C(N)=O. The highest BCUT2D eigenvalue weighted by molar-refractivity contribution is 5.95. The van der Waals surface area contributed by atoms with Gasteiger partial charge >= 0.3 is 6.18 Å². The van der Waals surface area contributed by atoms with Crippen LogP contribution in [0.15, 0.2) is 54.7 Å². The van der Waals surface area contributed by atoms with Gasteiger partial charge in [-0.3, -0.25) is 14.6 Å². The minimum atomic E-state index is -4.52. The van der Waals surface area contributed by atoms with Gasteiger partial charge in [0.2, 0.25) is 0 Å². The molecule has 1 aromatic heterocycles. The molecule has 0 spiro atoms. The lowest BCUT2D eigenvalue weighted by Crippen LogP contribution is -2.24. The molecule has 0 aliphatic carbocycles. The van der Waals surface area contributed by atoms with Crippen LogP contribution in [0.25, 0.3) is 11.3 Å². The molecule has 10 heteroatoms. The first kappa shape index (κ1) is 21.9. The maximum Gasteiger partial charge on any atom is 0.416 e. The lowest BCUT2D eigenvalue weighted by molar-refractivity contribution is -0.138. The second-order valence-electron chi connectivity index (χ2n) is 6.54. The molecule has 0 bridgehead atoms. The van der Waals surface area contributed by atoms with E-state index in [2.05, 4.69) is 15.3 Å². The Labute approximate surface area is 175 Å². The third kappa shape index (κ3) is 5.04. The van der Waals surface area contributed by atoms with Crippen molar-refractivity contribution in [2.24, 2.45) is 11.5 Å². The number of rotatable bonds is 6. The summed E-state index contributed by atoms with van der Waals surface area (Å²) in [5.74, 6) is -1.35. The summed E-state index contributed by atoms with van der Waals surface area (Å²) < 4.78 is 39.3. The quantitative estimate of drug-likeness (QED) is 0.556. The van der Waals surface area contributed by atoms with Crippen molar-refractivity contribution in [1.29, 1.82) is 0 Å². The van der Waals surface area contributed by atoms with Crippen LogP contribution in [0.2, 0.25) is 0 Å². The minimum absolute atomic E-state index is 0.0204. The number of benzene rings is 2. The fraction of sp³-hybridized carbons (Fsp3) is 0.143. The van der Waals surface area contributed by atoms with Crippen LogP contribution in [0.4, 0.5) is 13.2 Å². The first-order valence-electron chi connectivity index (χ1n) is 9.10. The number of alkyl halides is 3. The van der Waals surface area contributed by atoms with Gasteiger partial charge in [0, 0.05) is 24.2 Å². The van der Waals surface area contributed by atoms with Crippen LogP contribution in [0.5, 0.6) is 0 Å². The molecule has 0 aliphatic rings. The summed E-state index contributed by atoms with van der Waals surface area (Å²) in [6.45, 7) is -0.316. The topological polar surface area (TPSA) is 124 Å². The Morgan fingerprint density at radius 3 is 2.48 bits per heavy atom. The number of carbonyl (C=O) groups is 2. The number of nitrogens with two attached hydrogens (primary N) is 2. The highest BCUT2D eigenvalue weighted by atomic mass is 19.4. The van der Waals surface area contributed by atoms with E-state index in [9.17, 15) is 22.8 Å². The third-order valence-corrected chi connectivity index (χ3v) is 4.46. The van der Waals surface area contributed by atoms with Gasteiger partial charge in [-0.05, 0) is 23.8 Å². The Bertz CT molecular complexity index is 1130. The number of carbonyl (C=O) groups excluding carboxylic acids is 2. The van der Waals surface area contributed by atoms with Crippen molar-refractivity contribution in [3.05, 3.63) is 82.8 Å². The van der Waals surface area contributed by atoms with Crippen molar-refractivity contribution < 1.29 is 22.8 Å². The summed E-state index contributed by atoms with van der Waals surface area (Å²) in [5, 5.41) is 2.49. The summed E-state index contributed by atoms with van der Waals surface area (Å²) in [6.07, 6.45) is -3.13. The van der Waals surface area contributed by atoms with Crippen molar-refractivity contribution in [3.8, 4) is 11.3 Å². The molecule has 0 saturated heterocycles. The van der Waals surface area contributed by atoms with Crippen molar-refractivity contribution >= 4 is 11.8 Å². The highest BCUT2D eigenvalue weighted by Gasteiger charge is 2.32. The fourth-order valence-electron chi connectivity index (χ4n) is 2.95. The molecular weight excluding hydrogens is 411 g/mol. The van der Waals surface area contributed by atoms with Crippen molar-refractivity contribution in [1.82, 2.24) is 15.3 Å². The molecule has 160 valence electrons. The number of aromatic nitrogens is 2. The number of hydrogen-bond acceptors (Lipinski definition) is 5. The van der Waals surface area contributed by atoms with E-state index in [1.807, 2.05) is 0 Å². The van der Waals surface area contributed by atoms with Crippen molar-refractivity contribution in [2.45, 2.75) is 19.3 Å². The maximum absolute atomic E-state index is 13.1. The smallest absolute Gasteiger partial charge is 0.364 e. The Morgan fingerprint density at radius 1 is 1.06 bits per heavy atom. The van der Waals surface area contributed by atoms with E-state index in [0.717, 1.165) is 6.07 Å². The summed E-state index contributed by atoms with van der Waals surface area (Å²) in [7, 11) is 0. The van der Waals surface area contributed by atoms with Gasteiger partial charge in [-0.25, -0.2) is 4.98 Å². The molecule has 0 unspecified atom stereocenters. The third-order valence-electron chi connectivity index (χ3n) is 4.46. The zero-order valence-corrected chi connectivity index (χ0v) is 16.1. The number of nitrogens with zero attached hydrogens (tertiary/aromatic N) is 2. The number of amides is 2. The molecule has 2 amide bonds. The molecule has 1 heterocycles. The van der Waals surface area contributed by atoms with E-state index >= 15 is 0 Å². The molecule has 3 rings (SSSR count). The van der Waals surface area contributed by atoms with E-state index in [0.29, 0.717) is 11.3 Å². The first-order chi connectivity index (χ1) is 14.7. The van der Waals surface area contributed by atoms with E-state index in [-0.39, 0.29) is 35.6 Å². The molecular formula is C21H18F3N5O2. The molecule has 0 aliphatic heterocycles. The van der Waals surface area contributed by atoms with E-state index < -0.39 is 23.6 Å². The van der Waals surface area contributed by atoms with Crippen LogP contribution in [-0.2, 0) is 19.3 Å². The van der Waals surface area contributed by atoms with Crippen molar-refractivity contribution in [3.63, 3.8) is 0 Å². The number of nitrogens with one attached hydrogen (secondary N) is 1. The number of primary amides is 1. The minimum Gasteiger partial charge on any atom is -0.364 e. The van der Waals surface area contributed by atoms with Gasteiger partial charge in [-0.15, -0.1) is 0 Å². The summed E-state index contributed by atoms with van der Waals surface area (Å²) in [4.78, 5) is 32.4. The zero-order chi connectivity index (χ0) is 22.6. The molecule has 31 heavy (non-hydrogen) atoms. The van der Waals surface area contributed by atoms with Crippen LogP contribution in [0.1, 0.15) is 37.7 Å². The predicted molar refractivity (Wildman–Crippen MR) is 106 cm³/mol. The second-order valence-corrected chi connectivity index (χ2v) is 6.54. The monoisotopic (exact) mass is 429 g/mol. The average Bonchev–Trinajstić information content (AvgIpc) is 2.76. The molecule has 0 saturated carbocycles. The Balaban J connectivity index is 1.82. The van der Waals surface area contributed by atoms with Gasteiger partial charge in [0.05, 0.1) is 23.1 Å². The fourth-order valence-corrected chi connectivity index (χ4v) is 2.95. The van der Waals surface area contributed by atoms with Gasteiger partial charge in [0.25, 0.3) is 11.8 Å². The molecule has 7 nitrogen and oxygen atoms in total. The second kappa shape index (κ2) is 8.92. The summed E-state index contributed by atoms with van der Waals surface area (Å²) >= 11 is 0. The van der Waals surface area contributed by atoms with E-state index in [1.165, 1.54) is 36.5 Å². The highest BCUT2D eigenvalue weighted by Crippen LogP contribution is 2.31. The Kier molecular flexibility index (Phi) is 6.30. The van der Waals surface area contributed by atoms with Crippen LogP contribution >= 0.6 is 0 Å². The van der Waals surface area contributed by atoms with Crippen LogP contribution < -0.4 is 16.8 Å². The van der Waals surface area contributed by atoms with Crippen LogP contribution in [0.3, 0.4) is 0 Å². The molecule has 2 aromatic carbocycles. The molecule has 0 fully saturated rings. The van der Waals surface area contributed by atoms with Crippen molar-refractivity contribution in [2.75, 3.05) is 0 Å².